The molecule has 5 heteroatoms. The smallest absolute Gasteiger partial charge is 0.159 e. The Labute approximate surface area is 112 Å². The monoisotopic (exact) mass is 292 g/mol. The molecule has 2 aromatic rings. The molecule has 0 nitrogen and oxygen atoms in total. The molecule has 0 aliphatic carbocycles. The summed E-state index contributed by atoms with van der Waals surface area (Å²) in [6, 6.07) is 5.50. The fourth-order valence-electron chi connectivity index (χ4n) is 1.44. The van der Waals surface area contributed by atoms with Crippen molar-refractivity contribution in [1.29, 1.82) is 0 Å². The minimum atomic E-state index is -0.896. The summed E-state index contributed by atoms with van der Waals surface area (Å²) in [4.78, 5) is 0.820. The number of rotatable bonds is 2. The maximum Gasteiger partial charge on any atom is 0.159 e. The van der Waals surface area contributed by atoms with Crippen LogP contribution in [0.15, 0.2) is 24.3 Å². The molecular weight excluding hydrogens is 285 g/mol. The van der Waals surface area contributed by atoms with Crippen molar-refractivity contribution in [2.45, 2.75) is 12.3 Å². The third-order valence-corrected chi connectivity index (χ3v) is 4.60. The lowest BCUT2D eigenvalue weighted by Gasteiger charge is -2.07. The van der Waals surface area contributed by atoms with E-state index in [0.717, 1.165) is 22.6 Å². The summed E-state index contributed by atoms with van der Waals surface area (Å²) < 4.78 is 26.5. The maximum absolute atomic E-state index is 13.1. The van der Waals surface area contributed by atoms with Gasteiger partial charge in [-0.05, 0) is 36.2 Å². The van der Waals surface area contributed by atoms with Crippen LogP contribution in [0.4, 0.5) is 8.78 Å². The van der Waals surface area contributed by atoms with E-state index in [1.165, 1.54) is 17.4 Å². The second-order valence-electron chi connectivity index (χ2n) is 3.64. The molecule has 90 valence electrons. The highest BCUT2D eigenvalue weighted by atomic mass is 35.5. The average Bonchev–Trinajstić information content (AvgIpc) is 2.62. The molecule has 0 saturated carbocycles. The zero-order valence-corrected chi connectivity index (χ0v) is 11.1. The predicted molar refractivity (Wildman–Crippen MR) is 68.1 cm³/mol. The van der Waals surface area contributed by atoms with Crippen LogP contribution < -0.4 is 0 Å². The highest BCUT2D eigenvalue weighted by Gasteiger charge is 2.16. The van der Waals surface area contributed by atoms with Gasteiger partial charge >= 0.3 is 0 Å². The Morgan fingerprint density at radius 2 is 1.88 bits per heavy atom. The van der Waals surface area contributed by atoms with E-state index >= 15 is 0 Å². The van der Waals surface area contributed by atoms with Gasteiger partial charge in [0.15, 0.2) is 11.6 Å². The van der Waals surface area contributed by atoms with Crippen LogP contribution in [0.3, 0.4) is 0 Å². The Morgan fingerprint density at radius 3 is 2.41 bits per heavy atom. The van der Waals surface area contributed by atoms with Gasteiger partial charge in [0.1, 0.15) is 0 Å². The molecular formula is C12H8Cl2F2S. The molecule has 0 radical (unpaired) electrons. The van der Waals surface area contributed by atoms with Gasteiger partial charge in [-0.2, -0.15) is 0 Å². The molecule has 0 aliphatic rings. The summed E-state index contributed by atoms with van der Waals surface area (Å²) in [5.74, 6) is -1.77. The summed E-state index contributed by atoms with van der Waals surface area (Å²) in [5, 5.41) is -0.513. The van der Waals surface area contributed by atoms with E-state index in [9.17, 15) is 8.78 Å². The van der Waals surface area contributed by atoms with Crippen molar-refractivity contribution < 1.29 is 8.78 Å². The first kappa shape index (κ1) is 12.8. The first-order valence-electron chi connectivity index (χ1n) is 4.84. The number of alkyl halides is 1. The van der Waals surface area contributed by atoms with Crippen molar-refractivity contribution >= 4 is 34.5 Å². The van der Waals surface area contributed by atoms with E-state index in [0.29, 0.717) is 9.90 Å². The fourth-order valence-corrected chi connectivity index (χ4v) is 3.00. The maximum atomic E-state index is 13.1. The van der Waals surface area contributed by atoms with E-state index in [2.05, 4.69) is 0 Å². The third kappa shape index (κ3) is 2.62. The molecule has 0 N–H and O–H groups in total. The van der Waals surface area contributed by atoms with E-state index in [4.69, 9.17) is 23.2 Å². The highest BCUT2D eigenvalue weighted by Crippen LogP contribution is 2.37. The molecule has 1 aromatic carbocycles. The Kier molecular flexibility index (Phi) is 3.71. The number of halogens is 4. The minimum absolute atomic E-state index is 0.513. The quantitative estimate of drug-likeness (QED) is 0.658. The molecule has 0 spiro atoms. The van der Waals surface area contributed by atoms with Gasteiger partial charge in [0.25, 0.3) is 0 Å². The van der Waals surface area contributed by atoms with Crippen LogP contribution in [0.1, 0.15) is 21.4 Å². The standard InChI is InChI=1S/C12H8Cl2F2S/c1-6-4-10(17-12(6)14)11(13)7-2-3-8(15)9(16)5-7/h2-5,11H,1H3. The Morgan fingerprint density at radius 1 is 1.18 bits per heavy atom. The number of thiophene rings is 1. The molecule has 17 heavy (non-hydrogen) atoms. The van der Waals surface area contributed by atoms with E-state index < -0.39 is 17.0 Å². The second kappa shape index (κ2) is 4.92. The zero-order chi connectivity index (χ0) is 12.6. The van der Waals surface area contributed by atoms with Crippen LogP contribution in [0.2, 0.25) is 4.34 Å². The average molecular weight is 293 g/mol. The summed E-state index contributed by atoms with van der Waals surface area (Å²) in [6.45, 7) is 1.87. The SMILES string of the molecule is Cc1cc(C(Cl)c2ccc(F)c(F)c2)sc1Cl. The van der Waals surface area contributed by atoms with Gasteiger partial charge in [0, 0.05) is 4.88 Å². The Balaban J connectivity index is 2.36. The van der Waals surface area contributed by atoms with Gasteiger partial charge in [-0.3, -0.25) is 0 Å². The van der Waals surface area contributed by atoms with Crippen LogP contribution in [-0.2, 0) is 0 Å². The van der Waals surface area contributed by atoms with Crippen LogP contribution in [0.5, 0.6) is 0 Å². The van der Waals surface area contributed by atoms with Crippen LogP contribution in [0, 0.1) is 18.6 Å². The molecule has 1 heterocycles. The Hall–Kier alpha value is -0.640. The summed E-state index contributed by atoms with van der Waals surface area (Å²) in [5.41, 5.74) is 1.45. The molecule has 0 aliphatic heterocycles. The van der Waals surface area contributed by atoms with Crippen molar-refractivity contribution in [3.63, 3.8) is 0 Å². The lowest BCUT2D eigenvalue weighted by molar-refractivity contribution is 0.507. The summed E-state index contributed by atoms with van der Waals surface area (Å²) in [7, 11) is 0. The van der Waals surface area contributed by atoms with Crippen LogP contribution >= 0.6 is 34.5 Å². The number of aryl methyl sites for hydroxylation is 1. The minimum Gasteiger partial charge on any atom is -0.204 e. The van der Waals surface area contributed by atoms with Crippen molar-refractivity contribution in [3.05, 3.63) is 56.2 Å². The topological polar surface area (TPSA) is 0 Å². The molecule has 1 atom stereocenters. The van der Waals surface area contributed by atoms with Crippen LogP contribution in [-0.4, -0.2) is 0 Å². The zero-order valence-electron chi connectivity index (χ0n) is 8.81. The van der Waals surface area contributed by atoms with Gasteiger partial charge in [0.2, 0.25) is 0 Å². The first-order chi connectivity index (χ1) is 7.99. The molecule has 2 rings (SSSR count). The number of hydrogen-bond donors (Lipinski definition) is 0. The van der Waals surface area contributed by atoms with Crippen molar-refractivity contribution in [2.75, 3.05) is 0 Å². The predicted octanol–water partition coefficient (Wildman–Crippen LogP) is 5.32. The molecule has 0 bridgehead atoms. The van der Waals surface area contributed by atoms with E-state index in [-0.39, 0.29) is 0 Å². The first-order valence-corrected chi connectivity index (χ1v) is 6.47. The van der Waals surface area contributed by atoms with Gasteiger partial charge in [-0.15, -0.1) is 22.9 Å². The fraction of sp³-hybridized carbons (Fsp3) is 0.167. The van der Waals surface area contributed by atoms with Gasteiger partial charge in [-0.1, -0.05) is 17.7 Å². The molecule has 1 unspecified atom stereocenters. The molecule has 0 saturated heterocycles. The largest absolute Gasteiger partial charge is 0.204 e. The van der Waals surface area contributed by atoms with Crippen molar-refractivity contribution in [1.82, 2.24) is 0 Å². The number of hydrogen-bond acceptors (Lipinski definition) is 1. The normalized spacial score (nSPS) is 12.8. The summed E-state index contributed by atoms with van der Waals surface area (Å²) >= 11 is 13.5. The van der Waals surface area contributed by atoms with Gasteiger partial charge in [0.05, 0.1) is 9.71 Å². The van der Waals surface area contributed by atoms with Crippen LogP contribution in [0.25, 0.3) is 0 Å². The van der Waals surface area contributed by atoms with E-state index in [1.807, 2.05) is 13.0 Å². The molecule has 0 fully saturated rings. The molecule has 1 aromatic heterocycles. The Bertz CT molecular complexity index is 532. The summed E-state index contributed by atoms with van der Waals surface area (Å²) in [6.07, 6.45) is 0. The molecule has 0 amide bonds. The van der Waals surface area contributed by atoms with E-state index in [1.54, 1.807) is 0 Å². The van der Waals surface area contributed by atoms with Gasteiger partial charge in [-0.25, -0.2) is 8.78 Å². The number of benzene rings is 1. The van der Waals surface area contributed by atoms with Crippen molar-refractivity contribution in [3.8, 4) is 0 Å². The second-order valence-corrected chi connectivity index (χ2v) is 5.76. The highest BCUT2D eigenvalue weighted by molar-refractivity contribution is 7.16. The third-order valence-electron chi connectivity index (χ3n) is 2.36. The lowest BCUT2D eigenvalue weighted by atomic mass is 10.1. The van der Waals surface area contributed by atoms with Crippen molar-refractivity contribution in [2.24, 2.45) is 0 Å². The van der Waals surface area contributed by atoms with Gasteiger partial charge < -0.3 is 0 Å². The lowest BCUT2D eigenvalue weighted by Crippen LogP contribution is -1.93.